The van der Waals surface area contributed by atoms with Gasteiger partial charge in [0, 0.05) is 17.3 Å². The minimum atomic E-state index is 0.228. The third-order valence-corrected chi connectivity index (χ3v) is 3.18. The van der Waals surface area contributed by atoms with E-state index in [-0.39, 0.29) is 5.95 Å². The van der Waals surface area contributed by atoms with Crippen LogP contribution >= 0.6 is 0 Å². The van der Waals surface area contributed by atoms with Crippen LogP contribution in [0.15, 0.2) is 60.7 Å². The predicted molar refractivity (Wildman–Crippen MR) is 88.2 cm³/mol. The molecule has 0 aliphatic rings. The minimum Gasteiger partial charge on any atom is -0.497 e. The molecule has 0 unspecified atom stereocenters. The Hall–Kier alpha value is -3.08. The molecule has 3 N–H and O–H groups in total. The molecule has 0 aliphatic heterocycles. The number of ether oxygens (including phenoxy) is 1. The van der Waals surface area contributed by atoms with Crippen LogP contribution in [0.2, 0.25) is 0 Å². The molecule has 0 fully saturated rings. The first-order valence-corrected chi connectivity index (χ1v) is 6.85. The highest BCUT2D eigenvalue weighted by Crippen LogP contribution is 2.24. The van der Waals surface area contributed by atoms with Gasteiger partial charge in [-0.1, -0.05) is 18.2 Å². The summed E-state index contributed by atoms with van der Waals surface area (Å²) in [7, 11) is 1.64. The number of aromatic nitrogens is 2. The Morgan fingerprint density at radius 2 is 1.68 bits per heavy atom. The third-order valence-electron chi connectivity index (χ3n) is 3.18. The lowest BCUT2D eigenvalue weighted by atomic mass is 10.1. The smallest absolute Gasteiger partial charge is 0.222 e. The van der Waals surface area contributed by atoms with Gasteiger partial charge in [0.05, 0.1) is 12.8 Å². The van der Waals surface area contributed by atoms with E-state index in [9.17, 15) is 0 Å². The van der Waals surface area contributed by atoms with Gasteiger partial charge < -0.3 is 15.8 Å². The van der Waals surface area contributed by atoms with Gasteiger partial charge in [0.2, 0.25) is 5.95 Å². The lowest BCUT2D eigenvalue weighted by Gasteiger charge is -2.09. The van der Waals surface area contributed by atoms with Crippen molar-refractivity contribution in [2.75, 3.05) is 18.2 Å². The molecule has 0 radical (unpaired) electrons. The Labute approximate surface area is 128 Å². The van der Waals surface area contributed by atoms with Crippen molar-refractivity contribution in [1.82, 2.24) is 9.97 Å². The van der Waals surface area contributed by atoms with Crippen LogP contribution in [-0.2, 0) is 0 Å². The molecule has 0 saturated heterocycles. The first-order chi connectivity index (χ1) is 10.7. The SMILES string of the molecule is COc1ccc(-c2cc(Nc3ccccc3)nc(N)n2)cc1. The topological polar surface area (TPSA) is 73.1 Å². The van der Waals surface area contributed by atoms with Crippen molar-refractivity contribution in [1.29, 1.82) is 0 Å². The molecule has 0 bridgehead atoms. The summed E-state index contributed by atoms with van der Waals surface area (Å²) in [6.07, 6.45) is 0. The van der Waals surface area contributed by atoms with Crippen LogP contribution in [0.1, 0.15) is 0 Å². The second-order valence-electron chi connectivity index (χ2n) is 4.72. The van der Waals surface area contributed by atoms with E-state index in [0.29, 0.717) is 5.82 Å². The normalized spacial score (nSPS) is 10.2. The summed E-state index contributed by atoms with van der Waals surface area (Å²) in [6.45, 7) is 0. The van der Waals surface area contributed by atoms with Gasteiger partial charge in [-0.15, -0.1) is 0 Å². The van der Waals surface area contributed by atoms with Crippen LogP contribution < -0.4 is 15.8 Å². The highest BCUT2D eigenvalue weighted by atomic mass is 16.5. The molecule has 0 spiro atoms. The van der Waals surface area contributed by atoms with Crippen LogP contribution in [-0.4, -0.2) is 17.1 Å². The molecule has 3 rings (SSSR count). The fourth-order valence-corrected chi connectivity index (χ4v) is 2.11. The highest BCUT2D eigenvalue weighted by molar-refractivity contribution is 5.67. The summed E-state index contributed by atoms with van der Waals surface area (Å²) in [5.41, 5.74) is 8.47. The predicted octanol–water partition coefficient (Wildman–Crippen LogP) is 3.48. The number of benzene rings is 2. The number of para-hydroxylation sites is 1. The van der Waals surface area contributed by atoms with Crippen molar-refractivity contribution in [3.8, 4) is 17.0 Å². The second-order valence-corrected chi connectivity index (χ2v) is 4.72. The highest BCUT2D eigenvalue weighted by Gasteiger charge is 2.06. The molecule has 0 atom stereocenters. The number of nitrogens with two attached hydrogens (primary N) is 1. The molecule has 22 heavy (non-hydrogen) atoms. The number of nitrogens with one attached hydrogen (secondary N) is 1. The van der Waals surface area contributed by atoms with E-state index in [1.807, 2.05) is 60.7 Å². The summed E-state index contributed by atoms with van der Waals surface area (Å²) in [5, 5.41) is 3.22. The van der Waals surface area contributed by atoms with Gasteiger partial charge >= 0.3 is 0 Å². The van der Waals surface area contributed by atoms with E-state index in [2.05, 4.69) is 15.3 Å². The summed E-state index contributed by atoms with van der Waals surface area (Å²) >= 11 is 0. The van der Waals surface area contributed by atoms with E-state index >= 15 is 0 Å². The fourth-order valence-electron chi connectivity index (χ4n) is 2.11. The van der Waals surface area contributed by atoms with E-state index in [0.717, 1.165) is 22.7 Å². The van der Waals surface area contributed by atoms with Crippen LogP contribution in [0.4, 0.5) is 17.5 Å². The lowest BCUT2D eigenvalue weighted by molar-refractivity contribution is 0.415. The molecule has 0 amide bonds. The van der Waals surface area contributed by atoms with Crippen molar-refractivity contribution in [2.45, 2.75) is 0 Å². The zero-order valence-electron chi connectivity index (χ0n) is 12.2. The number of methoxy groups -OCH3 is 1. The first-order valence-electron chi connectivity index (χ1n) is 6.85. The van der Waals surface area contributed by atoms with Crippen molar-refractivity contribution in [3.63, 3.8) is 0 Å². The minimum absolute atomic E-state index is 0.228. The Bertz CT molecular complexity index is 757. The summed E-state index contributed by atoms with van der Waals surface area (Å²) in [4.78, 5) is 8.51. The van der Waals surface area contributed by atoms with Gasteiger partial charge in [0.25, 0.3) is 0 Å². The Morgan fingerprint density at radius 1 is 0.955 bits per heavy atom. The number of hydrogen-bond acceptors (Lipinski definition) is 5. The van der Waals surface area contributed by atoms with Crippen LogP contribution in [0.5, 0.6) is 5.75 Å². The third kappa shape index (κ3) is 3.15. The summed E-state index contributed by atoms with van der Waals surface area (Å²) < 4.78 is 5.16. The van der Waals surface area contributed by atoms with E-state index in [4.69, 9.17) is 10.5 Å². The molecule has 0 saturated carbocycles. The van der Waals surface area contributed by atoms with Crippen LogP contribution in [0.25, 0.3) is 11.3 Å². The summed E-state index contributed by atoms with van der Waals surface area (Å²) in [6, 6.07) is 19.3. The molecule has 1 heterocycles. The van der Waals surface area contributed by atoms with Crippen molar-refractivity contribution in [2.24, 2.45) is 0 Å². The zero-order valence-corrected chi connectivity index (χ0v) is 12.2. The van der Waals surface area contributed by atoms with E-state index in [1.54, 1.807) is 7.11 Å². The van der Waals surface area contributed by atoms with Gasteiger partial charge in [-0.05, 0) is 36.4 Å². The maximum Gasteiger partial charge on any atom is 0.222 e. The quantitative estimate of drug-likeness (QED) is 0.770. The Balaban J connectivity index is 1.92. The Kier molecular flexibility index (Phi) is 3.87. The van der Waals surface area contributed by atoms with Gasteiger partial charge in [-0.2, -0.15) is 4.98 Å². The molecule has 5 nitrogen and oxygen atoms in total. The average Bonchev–Trinajstić information content (AvgIpc) is 2.55. The maximum atomic E-state index is 5.82. The molecule has 0 aliphatic carbocycles. The van der Waals surface area contributed by atoms with Gasteiger partial charge in [0.15, 0.2) is 0 Å². The van der Waals surface area contributed by atoms with Gasteiger partial charge in [-0.3, -0.25) is 0 Å². The second kappa shape index (κ2) is 6.13. The van der Waals surface area contributed by atoms with E-state index in [1.165, 1.54) is 0 Å². The van der Waals surface area contributed by atoms with E-state index < -0.39 is 0 Å². The molecule has 1 aromatic heterocycles. The number of hydrogen-bond donors (Lipinski definition) is 2. The van der Waals surface area contributed by atoms with Crippen molar-refractivity contribution >= 4 is 17.5 Å². The standard InChI is InChI=1S/C17H16N4O/c1-22-14-9-7-12(8-10-14)15-11-16(21-17(18)20-15)19-13-5-3-2-4-6-13/h2-11H,1H3,(H3,18,19,20,21). The number of anilines is 3. The fraction of sp³-hybridized carbons (Fsp3) is 0.0588. The molecule has 110 valence electrons. The molecule has 5 heteroatoms. The first kappa shape index (κ1) is 13.9. The Morgan fingerprint density at radius 3 is 2.36 bits per heavy atom. The molecular weight excluding hydrogens is 276 g/mol. The molecule has 3 aromatic rings. The van der Waals surface area contributed by atoms with Crippen molar-refractivity contribution in [3.05, 3.63) is 60.7 Å². The summed E-state index contributed by atoms with van der Waals surface area (Å²) in [5.74, 6) is 1.68. The number of rotatable bonds is 4. The largest absolute Gasteiger partial charge is 0.497 e. The van der Waals surface area contributed by atoms with Crippen LogP contribution in [0, 0.1) is 0 Å². The number of nitrogens with zero attached hydrogens (tertiary/aromatic N) is 2. The maximum absolute atomic E-state index is 5.82. The molecule has 2 aromatic carbocycles. The molecular formula is C17H16N4O. The average molecular weight is 292 g/mol. The lowest BCUT2D eigenvalue weighted by Crippen LogP contribution is -2.01. The van der Waals surface area contributed by atoms with Gasteiger partial charge in [0.1, 0.15) is 11.6 Å². The van der Waals surface area contributed by atoms with Crippen molar-refractivity contribution < 1.29 is 4.74 Å². The van der Waals surface area contributed by atoms with Gasteiger partial charge in [-0.25, -0.2) is 4.98 Å². The monoisotopic (exact) mass is 292 g/mol. The van der Waals surface area contributed by atoms with Crippen LogP contribution in [0.3, 0.4) is 0 Å². The zero-order chi connectivity index (χ0) is 15.4. The number of nitrogen functional groups attached to an aromatic ring is 1.